The first-order chi connectivity index (χ1) is 6.66. The van der Waals surface area contributed by atoms with E-state index in [4.69, 9.17) is 0 Å². The number of aryl methyl sites for hydroxylation is 1. The summed E-state index contributed by atoms with van der Waals surface area (Å²) in [4.78, 5) is 4.04. The third-order valence-corrected chi connectivity index (χ3v) is 2.40. The predicted octanol–water partition coefficient (Wildman–Crippen LogP) is 3.08. The van der Waals surface area contributed by atoms with Gasteiger partial charge in [-0.3, -0.25) is 0 Å². The minimum absolute atomic E-state index is 0.217. The summed E-state index contributed by atoms with van der Waals surface area (Å²) in [7, 11) is 0. The standard InChI is InChI=1S/C10H8BrFN2/c1-7-4-8(12)2-3-9(7)14-5-10(11)13-6-14/h2-6H,1H3. The van der Waals surface area contributed by atoms with E-state index in [0.29, 0.717) is 0 Å². The molecule has 72 valence electrons. The zero-order valence-electron chi connectivity index (χ0n) is 7.54. The van der Waals surface area contributed by atoms with E-state index in [-0.39, 0.29) is 5.82 Å². The van der Waals surface area contributed by atoms with Crippen LogP contribution in [0.3, 0.4) is 0 Å². The van der Waals surface area contributed by atoms with Crippen molar-refractivity contribution in [2.24, 2.45) is 0 Å². The minimum atomic E-state index is -0.217. The summed E-state index contributed by atoms with van der Waals surface area (Å²) in [5.74, 6) is -0.217. The fraction of sp³-hybridized carbons (Fsp3) is 0.100. The molecule has 0 radical (unpaired) electrons. The Morgan fingerprint density at radius 3 is 2.79 bits per heavy atom. The Hall–Kier alpha value is -1.16. The van der Waals surface area contributed by atoms with E-state index in [0.717, 1.165) is 15.9 Å². The number of aromatic nitrogens is 2. The highest BCUT2D eigenvalue weighted by Gasteiger charge is 2.02. The molecule has 1 heterocycles. The normalized spacial score (nSPS) is 10.5. The van der Waals surface area contributed by atoms with Crippen molar-refractivity contribution < 1.29 is 4.39 Å². The average molecular weight is 255 g/mol. The van der Waals surface area contributed by atoms with Crippen LogP contribution in [0.2, 0.25) is 0 Å². The van der Waals surface area contributed by atoms with Crippen LogP contribution >= 0.6 is 15.9 Å². The lowest BCUT2D eigenvalue weighted by Gasteiger charge is -2.05. The van der Waals surface area contributed by atoms with Crippen LogP contribution in [-0.4, -0.2) is 9.55 Å². The van der Waals surface area contributed by atoms with Crippen molar-refractivity contribution in [3.05, 3.63) is 46.7 Å². The first kappa shape index (κ1) is 9.40. The van der Waals surface area contributed by atoms with Gasteiger partial charge in [-0.25, -0.2) is 9.37 Å². The van der Waals surface area contributed by atoms with Crippen molar-refractivity contribution in [2.75, 3.05) is 0 Å². The first-order valence-electron chi connectivity index (χ1n) is 4.13. The number of rotatable bonds is 1. The maximum atomic E-state index is 12.8. The number of halogens is 2. The van der Waals surface area contributed by atoms with Crippen molar-refractivity contribution in [3.8, 4) is 5.69 Å². The Balaban J connectivity index is 2.52. The van der Waals surface area contributed by atoms with E-state index in [2.05, 4.69) is 20.9 Å². The molecule has 0 aliphatic rings. The lowest BCUT2D eigenvalue weighted by Crippen LogP contribution is -1.93. The van der Waals surface area contributed by atoms with E-state index in [1.807, 2.05) is 17.7 Å². The highest BCUT2D eigenvalue weighted by atomic mass is 79.9. The van der Waals surface area contributed by atoms with Crippen LogP contribution in [0.15, 0.2) is 35.3 Å². The molecule has 4 heteroatoms. The average Bonchev–Trinajstić information content (AvgIpc) is 2.51. The molecule has 0 saturated carbocycles. The molecule has 0 unspecified atom stereocenters. The largest absolute Gasteiger partial charge is 0.305 e. The van der Waals surface area contributed by atoms with Gasteiger partial charge in [0, 0.05) is 11.9 Å². The lowest BCUT2D eigenvalue weighted by atomic mass is 10.2. The molecule has 0 spiro atoms. The van der Waals surface area contributed by atoms with Gasteiger partial charge in [0.2, 0.25) is 0 Å². The number of hydrogen-bond donors (Lipinski definition) is 0. The van der Waals surface area contributed by atoms with Crippen molar-refractivity contribution in [2.45, 2.75) is 6.92 Å². The monoisotopic (exact) mass is 254 g/mol. The summed E-state index contributed by atoms with van der Waals surface area (Å²) in [6.07, 6.45) is 3.52. The second-order valence-corrected chi connectivity index (χ2v) is 3.85. The van der Waals surface area contributed by atoms with E-state index in [1.165, 1.54) is 12.1 Å². The SMILES string of the molecule is Cc1cc(F)ccc1-n1cnc(Br)c1. The Morgan fingerprint density at radius 2 is 2.21 bits per heavy atom. The second kappa shape index (κ2) is 3.53. The first-order valence-corrected chi connectivity index (χ1v) is 4.92. The Morgan fingerprint density at radius 1 is 1.43 bits per heavy atom. The van der Waals surface area contributed by atoms with Crippen LogP contribution in [0.1, 0.15) is 5.56 Å². The molecule has 1 aromatic carbocycles. The third-order valence-electron chi connectivity index (χ3n) is 1.99. The second-order valence-electron chi connectivity index (χ2n) is 3.03. The smallest absolute Gasteiger partial charge is 0.124 e. The van der Waals surface area contributed by atoms with Crippen LogP contribution in [0.4, 0.5) is 4.39 Å². The summed E-state index contributed by atoms with van der Waals surface area (Å²) in [6, 6.07) is 4.68. The molecule has 0 aliphatic carbocycles. The van der Waals surface area contributed by atoms with Crippen molar-refractivity contribution >= 4 is 15.9 Å². The van der Waals surface area contributed by atoms with Gasteiger partial charge in [-0.05, 0) is 46.6 Å². The molecule has 2 nitrogen and oxygen atoms in total. The van der Waals surface area contributed by atoms with Gasteiger partial charge in [-0.1, -0.05) is 0 Å². The van der Waals surface area contributed by atoms with Gasteiger partial charge >= 0.3 is 0 Å². The minimum Gasteiger partial charge on any atom is -0.305 e. The van der Waals surface area contributed by atoms with Crippen LogP contribution in [-0.2, 0) is 0 Å². The molecule has 0 amide bonds. The van der Waals surface area contributed by atoms with Gasteiger partial charge in [0.1, 0.15) is 16.7 Å². The molecule has 2 rings (SSSR count). The van der Waals surface area contributed by atoms with E-state index in [9.17, 15) is 4.39 Å². The molecule has 0 aliphatic heterocycles. The maximum absolute atomic E-state index is 12.8. The molecule has 14 heavy (non-hydrogen) atoms. The van der Waals surface area contributed by atoms with Gasteiger partial charge in [0.15, 0.2) is 0 Å². The molecular formula is C10H8BrFN2. The Labute approximate surface area is 89.5 Å². The van der Waals surface area contributed by atoms with Crippen molar-refractivity contribution in [1.82, 2.24) is 9.55 Å². The van der Waals surface area contributed by atoms with Gasteiger partial charge in [-0.15, -0.1) is 0 Å². The topological polar surface area (TPSA) is 17.8 Å². The quantitative estimate of drug-likeness (QED) is 0.765. The number of imidazole rings is 1. The summed E-state index contributed by atoms with van der Waals surface area (Å²) in [5, 5.41) is 0. The lowest BCUT2D eigenvalue weighted by molar-refractivity contribution is 0.626. The third kappa shape index (κ3) is 1.70. The number of nitrogens with zero attached hydrogens (tertiary/aromatic N) is 2. The zero-order valence-corrected chi connectivity index (χ0v) is 9.12. The summed E-state index contributed by atoms with van der Waals surface area (Å²) >= 11 is 3.26. The fourth-order valence-corrected chi connectivity index (χ4v) is 1.65. The molecule has 0 N–H and O–H groups in total. The highest BCUT2D eigenvalue weighted by Crippen LogP contribution is 2.17. The molecule has 0 fully saturated rings. The van der Waals surface area contributed by atoms with E-state index in [1.54, 1.807) is 12.4 Å². The number of benzene rings is 1. The van der Waals surface area contributed by atoms with Crippen LogP contribution in [0, 0.1) is 12.7 Å². The van der Waals surface area contributed by atoms with E-state index >= 15 is 0 Å². The maximum Gasteiger partial charge on any atom is 0.124 e. The van der Waals surface area contributed by atoms with Crippen LogP contribution in [0.5, 0.6) is 0 Å². The predicted molar refractivity (Wildman–Crippen MR) is 56.0 cm³/mol. The summed E-state index contributed by atoms with van der Waals surface area (Å²) < 4.78 is 15.4. The fourth-order valence-electron chi connectivity index (χ4n) is 1.34. The molecule has 0 bridgehead atoms. The highest BCUT2D eigenvalue weighted by molar-refractivity contribution is 9.10. The summed E-state index contributed by atoms with van der Waals surface area (Å²) in [5.41, 5.74) is 1.82. The van der Waals surface area contributed by atoms with Crippen LogP contribution < -0.4 is 0 Å². The van der Waals surface area contributed by atoms with Crippen molar-refractivity contribution in [1.29, 1.82) is 0 Å². The number of hydrogen-bond acceptors (Lipinski definition) is 1. The molecule has 0 atom stereocenters. The molecular weight excluding hydrogens is 247 g/mol. The Kier molecular flexibility index (Phi) is 2.37. The van der Waals surface area contributed by atoms with Crippen molar-refractivity contribution in [3.63, 3.8) is 0 Å². The summed E-state index contributed by atoms with van der Waals surface area (Å²) in [6.45, 7) is 1.87. The van der Waals surface area contributed by atoms with Gasteiger partial charge in [0.25, 0.3) is 0 Å². The molecule has 1 aromatic heterocycles. The van der Waals surface area contributed by atoms with Crippen LogP contribution in [0.25, 0.3) is 5.69 Å². The molecule has 0 saturated heterocycles. The molecule has 2 aromatic rings. The van der Waals surface area contributed by atoms with Gasteiger partial charge in [-0.2, -0.15) is 0 Å². The van der Waals surface area contributed by atoms with Gasteiger partial charge in [0.05, 0.1) is 0 Å². The Bertz CT molecular complexity index is 465. The van der Waals surface area contributed by atoms with Gasteiger partial charge < -0.3 is 4.57 Å². The van der Waals surface area contributed by atoms with E-state index < -0.39 is 0 Å². The zero-order chi connectivity index (χ0) is 10.1.